The molecule has 19 heavy (non-hydrogen) atoms. The van der Waals surface area contributed by atoms with Crippen LogP contribution in [-0.4, -0.2) is 25.0 Å². The zero-order chi connectivity index (χ0) is 13.9. The number of nitrogens with one attached hydrogen (secondary N) is 2. The fraction of sp³-hybridized carbons (Fsp3) is 0.533. The lowest BCUT2D eigenvalue weighted by molar-refractivity contribution is -0.126. The third-order valence-electron chi connectivity index (χ3n) is 3.79. The Morgan fingerprint density at radius 2 is 2.05 bits per heavy atom. The Kier molecular flexibility index (Phi) is 4.20. The molecular weight excluding hydrogens is 243 g/mol. The van der Waals surface area contributed by atoms with Crippen molar-refractivity contribution in [3.8, 4) is 0 Å². The van der Waals surface area contributed by atoms with Gasteiger partial charge in [0, 0.05) is 6.04 Å². The Balaban J connectivity index is 2.07. The van der Waals surface area contributed by atoms with Gasteiger partial charge < -0.3 is 10.6 Å². The zero-order valence-corrected chi connectivity index (χ0v) is 11.5. The summed E-state index contributed by atoms with van der Waals surface area (Å²) in [4.78, 5) is 12.4. The molecule has 0 atom stereocenters. The summed E-state index contributed by atoms with van der Waals surface area (Å²) in [5.41, 5.74) is -0.00796. The van der Waals surface area contributed by atoms with Crippen molar-refractivity contribution in [3.05, 3.63) is 35.6 Å². The van der Waals surface area contributed by atoms with Gasteiger partial charge in [-0.15, -0.1) is 0 Å². The number of carbonyl (C=O) groups excluding carboxylic acids is 1. The Labute approximate surface area is 113 Å². The quantitative estimate of drug-likeness (QED) is 0.876. The van der Waals surface area contributed by atoms with Crippen molar-refractivity contribution in [1.29, 1.82) is 0 Å². The molecule has 0 spiro atoms. The van der Waals surface area contributed by atoms with Crippen LogP contribution in [0.3, 0.4) is 0 Å². The molecule has 1 aromatic rings. The van der Waals surface area contributed by atoms with E-state index in [0.29, 0.717) is 5.56 Å². The Morgan fingerprint density at radius 1 is 1.37 bits per heavy atom. The minimum absolute atomic E-state index is 0.0370. The summed E-state index contributed by atoms with van der Waals surface area (Å²) in [6.45, 7) is 5.53. The molecule has 2 rings (SSSR count). The molecule has 0 aromatic heterocycles. The highest BCUT2D eigenvalue weighted by atomic mass is 19.1. The van der Waals surface area contributed by atoms with E-state index >= 15 is 0 Å². The maximum atomic E-state index is 13.3. The van der Waals surface area contributed by atoms with Gasteiger partial charge in [-0.25, -0.2) is 4.39 Å². The minimum atomic E-state index is -0.715. The van der Waals surface area contributed by atoms with Gasteiger partial charge in [-0.2, -0.15) is 0 Å². The van der Waals surface area contributed by atoms with Gasteiger partial charge in [0.05, 0.1) is 5.41 Å². The van der Waals surface area contributed by atoms with E-state index in [0.717, 1.165) is 25.9 Å². The van der Waals surface area contributed by atoms with Crippen LogP contribution < -0.4 is 10.6 Å². The van der Waals surface area contributed by atoms with Crippen LogP contribution in [0.25, 0.3) is 0 Å². The van der Waals surface area contributed by atoms with Crippen molar-refractivity contribution in [2.75, 3.05) is 13.1 Å². The molecule has 0 radical (unpaired) electrons. The number of amides is 1. The molecule has 1 aliphatic heterocycles. The van der Waals surface area contributed by atoms with E-state index in [9.17, 15) is 9.18 Å². The molecule has 1 aromatic carbocycles. The van der Waals surface area contributed by atoms with Gasteiger partial charge in [0.2, 0.25) is 5.91 Å². The number of carbonyl (C=O) groups is 1. The van der Waals surface area contributed by atoms with E-state index in [2.05, 4.69) is 10.6 Å². The highest BCUT2D eigenvalue weighted by Gasteiger charge is 2.31. The number of halogens is 1. The van der Waals surface area contributed by atoms with Gasteiger partial charge in [0.25, 0.3) is 0 Å². The number of benzene rings is 1. The molecule has 4 heteroatoms. The molecule has 1 fully saturated rings. The zero-order valence-electron chi connectivity index (χ0n) is 11.5. The Hall–Kier alpha value is -1.42. The fourth-order valence-electron chi connectivity index (χ4n) is 2.34. The first-order chi connectivity index (χ1) is 9.00. The van der Waals surface area contributed by atoms with E-state index in [4.69, 9.17) is 0 Å². The molecule has 1 heterocycles. The largest absolute Gasteiger partial charge is 0.353 e. The third-order valence-corrected chi connectivity index (χ3v) is 3.79. The van der Waals surface area contributed by atoms with Crippen LogP contribution in [0.1, 0.15) is 32.3 Å². The van der Waals surface area contributed by atoms with Crippen LogP contribution >= 0.6 is 0 Å². The molecule has 0 aliphatic carbocycles. The van der Waals surface area contributed by atoms with Crippen molar-refractivity contribution in [3.63, 3.8) is 0 Å². The van der Waals surface area contributed by atoms with Crippen molar-refractivity contribution >= 4 is 5.91 Å². The summed E-state index contributed by atoms with van der Waals surface area (Å²) in [5.74, 6) is -0.342. The number of hydrogen-bond donors (Lipinski definition) is 2. The highest BCUT2D eigenvalue weighted by Crippen LogP contribution is 2.24. The average molecular weight is 264 g/mol. The van der Waals surface area contributed by atoms with Crippen LogP contribution in [0.4, 0.5) is 4.39 Å². The third kappa shape index (κ3) is 3.32. The molecule has 1 aliphatic rings. The summed E-state index contributed by atoms with van der Waals surface area (Å²) in [5, 5.41) is 6.34. The number of rotatable bonds is 3. The summed E-state index contributed by atoms with van der Waals surface area (Å²) in [6, 6.07) is 6.49. The second kappa shape index (κ2) is 5.70. The van der Waals surface area contributed by atoms with Gasteiger partial charge in [-0.3, -0.25) is 4.79 Å². The lowest BCUT2D eigenvalue weighted by Gasteiger charge is -2.30. The van der Waals surface area contributed by atoms with E-state index in [-0.39, 0.29) is 17.8 Å². The summed E-state index contributed by atoms with van der Waals surface area (Å²) in [6.07, 6.45) is 1.90. The smallest absolute Gasteiger partial charge is 0.230 e. The van der Waals surface area contributed by atoms with Gasteiger partial charge in [0.1, 0.15) is 5.82 Å². The summed E-state index contributed by atoms with van der Waals surface area (Å²) >= 11 is 0. The summed E-state index contributed by atoms with van der Waals surface area (Å²) in [7, 11) is 0. The number of piperidine rings is 1. The predicted molar refractivity (Wildman–Crippen MR) is 73.5 cm³/mol. The fourth-order valence-corrected chi connectivity index (χ4v) is 2.34. The number of hydrogen-bond acceptors (Lipinski definition) is 2. The Bertz CT molecular complexity index is 453. The first-order valence-corrected chi connectivity index (χ1v) is 6.78. The van der Waals surface area contributed by atoms with Gasteiger partial charge in [0.15, 0.2) is 0 Å². The van der Waals surface area contributed by atoms with Crippen LogP contribution in [0.2, 0.25) is 0 Å². The molecule has 1 amide bonds. The van der Waals surface area contributed by atoms with Crippen molar-refractivity contribution < 1.29 is 9.18 Å². The van der Waals surface area contributed by atoms with E-state index < -0.39 is 5.41 Å². The molecule has 0 saturated carbocycles. The SMILES string of the molecule is CC(C)(C(=O)NC1CCNCC1)c1cccc(F)c1. The molecule has 0 bridgehead atoms. The Morgan fingerprint density at radius 3 is 2.68 bits per heavy atom. The van der Waals surface area contributed by atoms with Crippen LogP contribution in [0.15, 0.2) is 24.3 Å². The molecular formula is C15H21FN2O. The van der Waals surface area contributed by atoms with Crippen molar-refractivity contribution in [2.24, 2.45) is 0 Å². The molecule has 104 valence electrons. The van der Waals surface area contributed by atoms with Crippen molar-refractivity contribution in [1.82, 2.24) is 10.6 Å². The maximum absolute atomic E-state index is 13.3. The van der Waals surface area contributed by atoms with Gasteiger partial charge in [-0.05, 0) is 57.5 Å². The van der Waals surface area contributed by atoms with Crippen LogP contribution in [0.5, 0.6) is 0 Å². The molecule has 3 nitrogen and oxygen atoms in total. The van der Waals surface area contributed by atoms with Crippen molar-refractivity contribution in [2.45, 2.75) is 38.1 Å². The topological polar surface area (TPSA) is 41.1 Å². The molecule has 2 N–H and O–H groups in total. The average Bonchev–Trinajstić information content (AvgIpc) is 2.40. The summed E-state index contributed by atoms with van der Waals surface area (Å²) < 4.78 is 13.3. The second-order valence-corrected chi connectivity index (χ2v) is 5.63. The van der Waals surface area contributed by atoms with E-state index in [1.54, 1.807) is 12.1 Å². The monoisotopic (exact) mass is 264 g/mol. The second-order valence-electron chi connectivity index (χ2n) is 5.63. The van der Waals surface area contributed by atoms with E-state index in [1.807, 2.05) is 13.8 Å². The van der Waals surface area contributed by atoms with Gasteiger partial charge in [-0.1, -0.05) is 12.1 Å². The molecule has 0 unspecified atom stereocenters. The maximum Gasteiger partial charge on any atom is 0.230 e. The normalized spacial score (nSPS) is 17.2. The lowest BCUT2D eigenvalue weighted by Crippen LogP contribution is -2.48. The van der Waals surface area contributed by atoms with Crippen LogP contribution in [-0.2, 0) is 10.2 Å². The highest BCUT2D eigenvalue weighted by molar-refractivity contribution is 5.87. The lowest BCUT2D eigenvalue weighted by atomic mass is 9.83. The predicted octanol–water partition coefficient (Wildman–Crippen LogP) is 1.97. The first-order valence-electron chi connectivity index (χ1n) is 6.78. The minimum Gasteiger partial charge on any atom is -0.353 e. The molecule has 1 saturated heterocycles. The van der Waals surface area contributed by atoms with Gasteiger partial charge >= 0.3 is 0 Å². The van der Waals surface area contributed by atoms with E-state index in [1.165, 1.54) is 12.1 Å². The van der Waals surface area contributed by atoms with Crippen LogP contribution in [0, 0.1) is 5.82 Å². The standard InChI is InChI=1S/C15H21FN2O/c1-15(2,11-4-3-5-12(16)10-11)14(19)18-13-6-8-17-9-7-13/h3-5,10,13,17H,6-9H2,1-2H3,(H,18,19). The first kappa shape index (κ1) is 14.0.